The average molecular weight is 267 g/mol. The maximum Gasteiger partial charge on any atom is 0.315 e. The Morgan fingerprint density at radius 3 is 2.85 bits per heavy atom. The molecule has 7 heteroatoms. The van der Waals surface area contributed by atoms with Crippen LogP contribution in [0.5, 0.6) is 5.75 Å². The van der Waals surface area contributed by atoms with E-state index in [1.54, 1.807) is 18.2 Å². The highest BCUT2D eigenvalue weighted by Crippen LogP contribution is 2.34. The summed E-state index contributed by atoms with van der Waals surface area (Å²) in [5.41, 5.74) is 0.803. The smallest absolute Gasteiger partial charge is 0.315 e. The lowest BCUT2D eigenvalue weighted by atomic mass is 10.2. The van der Waals surface area contributed by atoms with Crippen LogP contribution in [-0.2, 0) is 0 Å². The molecule has 3 aromatic rings. The fourth-order valence-corrected chi connectivity index (χ4v) is 1.74. The molecular formula is C13H9N5O2. The zero-order chi connectivity index (χ0) is 13.9. The molecule has 0 aliphatic heterocycles. The van der Waals surface area contributed by atoms with Crippen molar-refractivity contribution in [1.82, 2.24) is 15.0 Å². The summed E-state index contributed by atoms with van der Waals surface area (Å²) < 4.78 is 0. The van der Waals surface area contributed by atoms with Gasteiger partial charge in [0.15, 0.2) is 11.6 Å². The Kier molecular flexibility index (Phi) is 2.92. The van der Waals surface area contributed by atoms with Crippen LogP contribution in [0.3, 0.4) is 0 Å². The number of carbonyl (C=O) groups is 1. The molecule has 0 aliphatic rings. The van der Waals surface area contributed by atoms with Gasteiger partial charge in [0.2, 0.25) is 0 Å². The largest absolute Gasteiger partial charge is 0.504 e. The molecular weight excluding hydrogens is 258 g/mol. The Balaban J connectivity index is 1.91. The molecule has 0 atom stereocenters. The first-order chi connectivity index (χ1) is 9.75. The third kappa shape index (κ3) is 2.12. The van der Waals surface area contributed by atoms with Crippen LogP contribution in [-0.4, -0.2) is 26.0 Å². The molecule has 2 N–H and O–H groups in total. The minimum Gasteiger partial charge on any atom is -0.504 e. The summed E-state index contributed by atoms with van der Waals surface area (Å²) in [6.07, 6.45) is 4.15. The van der Waals surface area contributed by atoms with Gasteiger partial charge < -0.3 is 10.1 Å². The normalized spacial score (nSPS) is 11.2. The van der Waals surface area contributed by atoms with Gasteiger partial charge in [0.25, 0.3) is 0 Å². The van der Waals surface area contributed by atoms with Crippen molar-refractivity contribution in [2.24, 2.45) is 10.2 Å². The number of hydrogen-bond donors (Lipinski definition) is 2. The maximum atomic E-state index is 11.7. The highest BCUT2D eigenvalue weighted by atomic mass is 16.3. The summed E-state index contributed by atoms with van der Waals surface area (Å²) in [6.45, 7) is 0. The second-order valence-corrected chi connectivity index (χ2v) is 3.96. The van der Waals surface area contributed by atoms with Crippen molar-refractivity contribution < 1.29 is 9.90 Å². The Morgan fingerprint density at radius 2 is 2.10 bits per heavy atom. The highest BCUT2D eigenvalue weighted by molar-refractivity contribution is 5.93. The molecule has 0 saturated heterocycles. The number of carbonyl (C=O) groups excluding carboxylic acids is 1. The van der Waals surface area contributed by atoms with Gasteiger partial charge >= 0.3 is 5.91 Å². The number of H-pyrrole nitrogens is 1. The van der Waals surface area contributed by atoms with E-state index in [0.717, 1.165) is 0 Å². The van der Waals surface area contributed by atoms with E-state index in [-0.39, 0.29) is 17.3 Å². The number of hydrogen-bond acceptors (Lipinski definition) is 5. The van der Waals surface area contributed by atoms with Gasteiger partial charge in [-0.05, 0) is 12.1 Å². The van der Waals surface area contributed by atoms with Gasteiger partial charge in [-0.3, -0.25) is 9.78 Å². The number of rotatable bonds is 2. The second kappa shape index (κ2) is 4.88. The quantitative estimate of drug-likeness (QED) is 0.696. The topological polar surface area (TPSA) is 104 Å². The maximum absolute atomic E-state index is 11.7. The lowest BCUT2D eigenvalue weighted by molar-refractivity contribution is 0.0990. The van der Waals surface area contributed by atoms with Crippen LogP contribution >= 0.6 is 0 Å². The summed E-state index contributed by atoms with van der Waals surface area (Å²) in [4.78, 5) is 22.1. The van der Waals surface area contributed by atoms with Crippen LogP contribution in [0.4, 0.5) is 5.82 Å². The van der Waals surface area contributed by atoms with Crippen molar-refractivity contribution in [3.63, 3.8) is 0 Å². The molecule has 20 heavy (non-hydrogen) atoms. The SMILES string of the molecule is O=C(N=Nc1[nH]c2ccccc2c1O)c1cnccn1. The zero-order valence-corrected chi connectivity index (χ0v) is 10.2. The molecule has 0 radical (unpaired) electrons. The minimum atomic E-state index is -0.629. The van der Waals surface area contributed by atoms with Gasteiger partial charge in [-0.1, -0.05) is 12.1 Å². The summed E-state index contributed by atoms with van der Waals surface area (Å²) >= 11 is 0. The third-order valence-electron chi connectivity index (χ3n) is 2.68. The van der Waals surface area contributed by atoms with Gasteiger partial charge in [-0.2, -0.15) is 0 Å². The van der Waals surface area contributed by atoms with Gasteiger partial charge in [-0.25, -0.2) is 4.98 Å². The molecule has 0 unspecified atom stereocenters. The highest BCUT2D eigenvalue weighted by Gasteiger charge is 2.10. The van der Waals surface area contributed by atoms with Gasteiger partial charge in [-0.15, -0.1) is 10.2 Å². The summed E-state index contributed by atoms with van der Waals surface area (Å²) in [5, 5.41) is 17.8. The number of fused-ring (bicyclic) bond motifs is 1. The lowest BCUT2D eigenvalue weighted by Crippen LogP contribution is -1.97. The van der Waals surface area contributed by atoms with Crippen LogP contribution in [0, 0.1) is 0 Å². The van der Waals surface area contributed by atoms with E-state index in [0.29, 0.717) is 10.9 Å². The lowest BCUT2D eigenvalue weighted by Gasteiger charge is -1.91. The number of amides is 1. The number of benzene rings is 1. The fourth-order valence-electron chi connectivity index (χ4n) is 1.74. The van der Waals surface area contributed by atoms with Crippen LogP contribution in [0.1, 0.15) is 10.5 Å². The summed E-state index contributed by atoms with van der Waals surface area (Å²) in [7, 11) is 0. The number of aromatic nitrogens is 3. The molecule has 1 amide bonds. The minimum absolute atomic E-state index is 0.0451. The predicted molar refractivity (Wildman–Crippen MR) is 70.8 cm³/mol. The van der Waals surface area contributed by atoms with Crippen LogP contribution in [0.2, 0.25) is 0 Å². The molecule has 0 fully saturated rings. The first kappa shape index (κ1) is 12.0. The Hall–Kier alpha value is -3.09. The number of nitrogens with zero attached hydrogens (tertiary/aromatic N) is 4. The molecule has 2 heterocycles. The van der Waals surface area contributed by atoms with Crippen molar-refractivity contribution >= 4 is 22.6 Å². The Labute approximate surface area is 113 Å². The third-order valence-corrected chi connectivity index (χ3v) is 2.68. The molecule has 1 aromatic carbocycles. The van der Waals surface area contributed by atoms with Crippen molar-refractivity contribution in [3.05, 3.63) is 48.5 Å². The van der Waals surface area contributed by atoms with Crippen molar-refractivity contribution in [3.8, 4) is 5.75 Å². The van der Waals surface area contributed by atoms with E-state index < -0.39 is 5.91 Å². The molecule has 0 saturated carbocycles. The van der Waals surface area contributed by atoms with E-state index in [2.05, 4.69) is 25.2 Å². The number of azo groups is 1. The van der Waals surface area contributed by atoms with Gasteiger partial charge in [0.05, 0.1) is 11.7 Å². The molecule has 7 nitrogen and oxygen atoms in total. The summed E-state index contributed by atoms with van der Waals surface area (Å²) in [5.74, 6) is -0.545. The first-order valence-corrected chi connectivity index (χ1v) is 5.77. The number of nitrogens with one attached hydrogen (secondary N) is 1. The number of aromatic hydroxyl groups is 1. The standard InChI is InChI=1S/C13H9N5O2/c19-11-8-3-1-2-4-9(8)16-12(11)17-18-13(20)10-7-14-5-6-15-10/h1-7,16,19H. The van der Waals surface area contributed by atoms with Crippen molar-refractivity contribution in [1.29, 1.82) is 0 Å². The second-order valence-electron chi connectivity index (χ2n) is 3.96. The van der Waals surface area contributed by atoms with E-state index in [9.17, 15) is 9.90 Å². The van der Waals surface area contributed by atoms with E-state index >= 15 is 0 Å². The van der Waals surface area contributed by atoms with Gasteiger partial charge in [0, 0.05) is 17.8 Å². The van der Waals surface area contributed by atoms with E-state index in [1.165, 1.54) is 18.6 Å². The fraction of sp³-hybridized carbons (Fsp3) is 0. The van der Waals surface area contributed by atoms with E-state index in [1.807, 2.05) is 6.07 Å². The molecule has 0 bridgehead atoms. The average Bonchev–Trinajstić information content (AvgIpc) is 2.83. The monoisotopic (exact) mass is 267 g/mol. The number of para-hydroxylation sites is 1. The first-order valence-electron chi connectivity index (χ1n) is 5.77. The van der Waals surface area contributed by atoms with Gasteiger partial charge in [0.1, 0.15) is 5.69 Å². The molecule has 3 rings (SSSR count). The zero-order valence-electron chi connectivity index (χ0n) is 10.2. The van der Waals surface area contributed by atoms with Crippen molar-refractivity contribution in [2.75, 3.05) is 0 Å². The molecule has 0 spiro atoms. The molecule has 0 aliphatic carbocycles. The molecule has 98 valence electrons. The summed E-state index contributed by atoms with van der Waals surface area (Å²) in [6, 6.07) is 7.15. The van der Waals surface area contributed by atoms with Crippen molar-refractivity contribution in [2.45, 2.75) is 0 Å². The van der Waals surface area contributed by atoms with Crippen LogP contribution in [0.25, 0.3) is 10.9 Å². The molecule has 2 aromatic heterocycles. The van der Waals surface area contributed by atoms with Crippen LogP contribution in [0.15, 0.2) is 53.1 Å². The van der Waals surface area contributed by atoms with E-state index in [4.69, 9.17) is 0 Å². The number of aromatic amines is 1. The van der Waals surface area contributed by atoms with Crippen LogP contribution < -0.4 is 0 Å². The Morgan fingerprint density at radius 1 is 1.25 bits per heavy atom. The predicted octanol–water partition coefficient (Wildman–Crippen LogP) is 2.59. The Bertz CT molecular complexity index is 795.